The number of carbonyl (C=O) groups is 1. The van der Waals surface area contributed by atoms with E-state index in [1.807, 2.05) is 18.4 Å². The van der Waals surface area contributed by atoms with Gasteiger partial charge in [0.05, 0.1) is 24.8 Å². The van der Waals surface area contributed by atoms with Crippen LogP contribution in [0.25, 0.3) is 0 Å². The van der Waals surface area contributed by atoms with Crippen LogP contribution in [0.4, 0.5) is 0 Å². The minimum atomic E-state index is -0.243. The first-order valence-electron chi connectivity index (χ1n) is 7.10. The van der Waals surface area contributed by atoms with Gasteiger partial charge in [0.25, 0.3) is 0 Å². The van der Waals surface area contributed by atoms with Crippen LogP contribution in [0.2, 0.25) is 0 Å². The van der Waals surface area contributed by atoms with E-state index in [-0.39, 0.29) is 18.4 Å². The Labute approximate surface area is 128 Å². The Balaban J connectivity index is 1.98. The third-order valence-corrected chi connectivity index (χ3v) is 3.47. The smallest absolute Gasteiger partial charge is 0.225 e. The molecular weight excluding hydrogens is 286 g/mol. The van der Waals surface area contributed by atoms with Gasteiger partial charge in [-0.05, 0) is 20.8 Å². The molecule has 2 aromatic rings. The van der Waals surface area contributed by atoms with Gasteiger partial charge in [0.2, 0.25) is 5.91 Å². The van der Waals surface area contributed by atoms with E-state index in [1.54, 1.807) is 20.4 Å². The van der Waals surface area contributed by atoms with Crippen LogP contribution in [0, 0.1) is 13.8 Å². The molecule has 0 saturated carbocycles. The van der Waals surface area contributed by atoms with Crippen LogP contribution >= 0.6 is 0 Å². The average Bonchev–Trinajstić information content (AvgIpc) is 3.06. The zero-order valence-electron chi connectivity index (χ0n) is 13.3. The average molecular weight is 307 g/mol. The summed E-state index contributed by atoms with van der Waals surface area (Å²) in [6.45, 7) is 6.70. The second-order valence-corrected chi connectivity index (χ2v) is 5.14. The summed E-state index contributed by atoms with van der Waals surface area (Å²) in [5.41, 5.74) is 1.56. The van der Waals surface area contributed by atoms with E-state index in [1.165, 1.54) is 0 Å². The highest BCUT2D eigenvalue weighted by Gasteiger charge is 2.18. The van der Waals surface area contributed by atoms with Crippen LogP contribution < -0.4 is 5.32 Å². The topological polar surface area (TPSA) is 95.1 Å². The predicted octanol–water partition coefficient (Wildman–Crippen LogP) is 0.949. The second kappa shape index (κ2) is 7.17. The molecule has 2 rings (SSSR count). The number of methoxy groups -OCH3 is 1. The van der Waals surface area contributed by atoms with Gasteiger partial charge in [0, 0.05) is 19.2 Å². The molecule has 8 heteroatoms. The van der Waals surface area contributed by atoms with Gasteiger partial charge in [-0.1, -0.05) is 5.16 Å². The van der Waals surface area contributed by atoms with Gasteiger partial charge in [-0.2, -0.15) is 0 Å². The lowest BCUT2D eigenvalue weighted by Crippen LogP contribution is -2.30. The van der Waals surface area contributed by atoms with E-state index < -0.39 is 0 Å². The van der Waals surface area contributed by atoms with Crippen LogP contribution in [0.1, 0.15) is 35.8 Å². The molecule has 0 saturated heterocycles. The van der Waals surface area contributed by atoms with Crippen molar-refractivity contribution >= 4 is 5.91 Å². The zero-order valence-corrected chi connectivity index (χ0v) is 13.3. The molecule has 0 fully saturated rings. The molecule has 0 radical (unpaired) electrons. The Kier molecular flexibility index (Phi) is 5.26. The van der Waals surface area contributed by atoms with Gasteiger partial charge in [-0.15, -0.1) is 10.2 Å². The zero-order chi connectivity index (χ0) is 16.1. The second-order valence-electron chi connectivity index (χ2n) is 5.14. The fourth-order valence-electron chi connectivity index (χ4n) is 2.23. The number of ether oxygens (including phenoxy) is 1. The number of amides is 1. The van der Waals surface area contributed by atoms with Crippen molar-refractivity contribution in [1.82, 2.24) is 25.2 Å². The Morgan fingerprint density at radius 1 is 1.50 bits per heavy atom. The summed E-state index contributed by atoms with van der Waals surface area (Å²) in [4.78, 5) is 12.2. The van der Waals surface area contributed by atoms with Crippen molar-refractivity contribution in [3.63, 3.8) is 0 Å². The summed E-state index contributed by atoms with van der Waals surface area (Å²) in [5.74, 6) is 1.26. The number of aryl methyl sites for hydroxylation is 2. The van der Waals surface area contributed by atoms with E-state index in [0.717, 1.165) is 11.3 Å². The Morgan fingerprint density at radius 3 is 2.91 bits per heavy atom. The molecule has 22 heavy (non-hydrogen) atoms. The summed E-state index contributed by atoms with van der Waals surface area (Å²) >= 11 is 0. The monoisotopic (exact) mass is 307 g/mol. The van der Waals surface area contributed by atoms with Crippen LogP contribution in [0.15, 0.2) is 10.9 Å². The van der Waals surface area contributed by atoms with Gasteiger partial charge in [0.15, 0.2) is 5.82 Å². The van der Waals surface area contributed by atoms with Crippen LogP contribution in [0.5, 0.6) is 0 Å². The quantitative estimate of drug-likeness (QED) is 0.818. The molecule has 1 amide bonds. The first-order chi connectivity index (χ1) is 10.5. The SMILES string of the molecule is COCCn1cnnc1[C@H](C)NC(=O)Cc1c(C)noc1C. The maximum atomic E-state index is 12.2. The Hall–Kier alpha value is -2.22. The van der Waals surface area contributed by atoms with Crippen molar-refractivity contribution in [2.45, 2.75) is 39.8 Å². The third-order valence-electron chi connectivity index (χ3n) is 3.47. The van der Waals surface area contributed by atoms with Crippen molar-refractivity contribution in [2.75, 3.05) is 13.7 Å². The van der Waals surface area contributed by atoms with E-state index in [2.05, 4.69) is 20.7 Å². The number of nitrogens with one attached hydrogen (secondary N) is 1. The maximum Gasteiger partial charge on any atom is 0.225 e. The lowest BCUT2D eigenvalue weighted by molar-refractivity contribution is -0.121. The molecule has 0 aliphatic carbocycles. The molecule has 1 N–H and O–H groups in total. The molecule has 0 unspecified atom stereocenters. The Morgan fingerprint density at radius 2 is 2.27 bits per heavy atom. The molecule has 120 valence electrons. The standard InChI is InChI=1S/C14H21N5O3/c1-9-12(11(3)22-18-9)7-13(20)16-10(2)14-17-15-8-19(14)5-6-21-4/h8,10H,5-7H2,1-4H3,(H,16,20)/t10-/m0/s1. The number of hydrogen-bond acceptors (Lipinski definition) is 6. The van der Waals surface area contributed by atoms with E-state index >= 15 is 0 Å². The first-order valence-corrected chi connectivity index (χ1v) is 7.10. The number of hydrogen-bond donors (Lipinski definition) is 1. The lowest BCUT2D eigenvalue weighted by Gasteiger charge is -2.14. The van der Waals surface area contributed by atoms with Gasteiger partial charge >= 0.3 is 0 Å². The predicted molar refractivity (Wildman–Crippen MR) is 78.1 cm³/mol. The molecule has 8 nitrogen and oxygen atoms in total. The molecule has 1 atom stereocenters. The highest BCUT2D eigenvalue weighted by Crippen LogP contribution is 2.14. The van der Waals surface area contributed by atoms with Crippen LogP contribution in [-0.4, -0.2) is 39.5 Å². The fraction of sp³-hybridized carbons (Fsp3) is 0.571. The van der Waals surface area contributed by atoms with Crippen LogP contribution in [0.3, 0.4) is 0 Å². The summed E-state index contributed by atoms with van der Waals surface area (Å²) in [6.07, 6.45) is 1.86. The third kappa shape index (κ3) is 3.70. The van der Waals surface area contributed by atoms with Gasteiger partial charge in [-0.3, -0.25) is 4.79 Å². The fourth-order valence-corrected chi connectivity index (χ4v) is 2.23. The van der Waals surface area contributed by atoms with Crippen molar-refractivity contribution in [3.05, 3.63) is 29.2 Å². The molecule has 0 aliphatic rings. The molecule has 0 aromatic carbocycles. The van der Waals surface area contributed by atoms with Crippen LogP contribution in [-0.2, 0) is 22.5 Å². The number of carbonyl (C=O) groups excluding carboxylic acids is 1. The summed E-state index contributed by atoms with van der Waals surface area (Å²) in [7, 11) is 1.64. The lowest BCUT2D eigenvalue weighted by atomic mass is 10.1. The molecule has 0 bridgehead atoms. The van der Waals surface area contributed by atoms with E-state index in [4.69, 9.17) is 9.26 Å². The number of nitrogens with zero attached hydrogens (tertiary/aromatic N) is 4. The molecule has 2 aromatic heterocycles. The van der Waals surface area contributed by atoms with Crippen molar-refractivity contribution in [2.24, 2.45) is 0 Å². The molecule has 0 spiro atoms. The van der Waals surface area contributed by atoms with Crippen molar-refractivity contribution in [1.29, 1.82) is 0 Å². The minimum Gasteiger partial charge on any atom is -0.383 e. The van der Waals surface area contributed by atoms with Gasteiger partial charge in [0.1, 0.15) is 12.1 Å². The first kappa shape index (κ1) is 16.2. The molecular formula is C14H21N5O3. The van der Waals surface area contributed by atoms with Crippen molar-refractivity contribution < 1.29 is 14.1 Å². The number of rotatable bonds is 7. The maximum absolute atomic E-state index is 12.2. The van der Waals surface area contributed by atoms with Gasteiger partial charge in [-0.25, -0.2) is 0 Å². The minimum absolute atomic E-state index is 0.108. The normalized spacial score (nSPS) is 12.4. The summed E-state index contributed by atoms with van der Waals surface area (Å²) in [6, 6.07) is -0.243. The highest BCUT2D eigenvalue weighted by atomic mass is 16.5. The molecule has 2 heterocycles. The molecule has 0 aliphatic heterocycles. The van der Waals surface area contributed by atoms with Gasteiger partial charge < -0.3 is 19.1 Å². The van der Waals surface area contributed by atoms with E-state index in [0.29, 0.717) is 24.7 Å². The number of aromatic nitrogens is 4. The van der Waals surface area contributed by atoms with Crippen molar-refractivity contribution in [3.8, 4) is 0 Å². The van der Waals surface area contributed by atoms with E-state index in [9.17, 15) is 4.79 Å². The highest BCUT2D eigenvalue weighted by molar-refractivity contribution is 5.79. The largest absolute Gasteiger partial charge is 0.383 e. The summed E-state index contributed by atoms with van der Waals surface area (Å²) in [5, 5.41) is 14.7. The summed E-state index contributed by atoms with van der Waals surface area (Å²) < 4.78 is 12.0. The Bertz CT molecular complexity index is 615.